The number of carbonyl (C=O) groups excluding carboxylic acids is 1. The molecule has 0 saturated heterocycles. The molecule has 2 heterocycles. The molecule has 0 fully saturated rings. The summed E-state index contributed by atoms with van der Waals surface area (Å²) in [6.45, 7) is 5.18. The molecule has 27 heavy (non-hydrogen) atoms. The molecule has 8 nitrogen and oxygen atoms in total. The first kappa shape index (κ1) is 19.0. The smallest absolute Gasteiger partial charge is 0.262 e. The Morgan fingerprint density at radius 1 is 1.26 bits per heavy atom. The van der Waals surface area contributed by atoms with E-state index in [0.717, 1.165) is 11.4 Å². The van der Waals surface area contributed by atoms with E-state index in [1.165, 1.54) is 18.0 Å². The number of hydrogen-bond acceptors (Lipinski definition) is 6. The summed E-state index contributed by atoms with van der Waals surface area (Å²) in [7, 11) is 1.60. The normalized spacial score (nSPS) is 10.9. The lowest BCUT2D eigenvalue weighted by Crippen LogP contribution is -2.32. The SMILES string of the molecule is CCN(CC)C(=O)CSc1nc2c(cnn2-c2ccc(OC)cc2)c(=O)[nH]1. The van der Waals surface area contributed by atoms with Gasteiger partial charge in [0, 0.05) is 13.1 Å². The zero-order valence-corrected chi connectivity index (χ0v) is 16.2. The van der Waals surface area contributed by atoms with E-state index in [9.17, 15) is 9.59 Å². The number of thioether (sulfide) groups is 1. The van der Waals surface area contributed by atoms with Crippen molar-refractivity contribution in [3.8, 4) is 11.4 Å². The van der Waals surface area contributed by atoms with E-state index in [2.05, 4.69) is 15.1 Å². The summed E-state index contributed by atoms with van der Waals surface area (Å²) in [5.41, 5.74) is 0.929. The molecule has 142 valence electrons. The summed E-state index contributed by atoms with van der Waals surface area (Å²) >= 11 is 1.21. The number of methoxy groups -OCH3 is 1. The van der Waals surface area contributed by atoms with E-state index in [1.807, 2.05) is 38.1 Å². The lowest BCUT2D eigenvalue weighted by atomic mass is 10.3. The second kappa shape index (κ2) is 8.26. The van der Waals surface area contributed by atoms with Crippen LogP contribution in [0.3, 0.4) is 0 Å². The highest BCUT2D eigenvalue weighted by atomic mass is 32.2. The summed E-state index contributed by atoms with van der Waals surface area (Å²) in [5, 5.41) is 5.07. The van der Waals surface area contributed by atoms with Gasteiger partial charge in [-0.2, -0.15) is 5.10 Å². The van der Waals surface area contributed by atoms with Gasteiger partial charge in [0.25, 0.3) is 5.56 Å². The number of aromatic nitrogens is 4. The van der Waals surface area contributed by atoms with Crippen molar-refractivity contribution in [2.45, 2.75) is 19.0 Å². The molecule has 0 radical (unpaired) electrons. The first-order chi connectivity index (χ1) is 13.1. The van der Waals surface area contributed by atoms with Gasteiger partial charge < -0.3 is 14.6 Å². The molecule has 0 aliphatic carbocycles. The second-order valence-corrected chi connectivity index (χ2v) is 6.68. The average Bonchev–Trinajstić information content (AvgIpc) is 3.12. The molecule has 2 aromatic heterocycles. The van der Waals surface area contributed by atoms with Gasteiger partial charge in [-0.3, -0.25) is 9.59 Å². The third-order valence-corrected chi connectivity index (χ3v) is 5.04. The molecule has 1 aromatic carbocycles. The molecule has 9 heteroatoms. The lowest BCUT2D eigenvalue weighted by Gasteiger charge is -2.17. The van der Waals surface area contributed by atoms with Crippen LogP contribution >= 0.6 is 11.8 Å². The average molecular weight is 387 g/mol. The summed E-state index contributed by atoms with van der Waals surface area (Å²) < 4.78 is 6.76. The number of carbonyl (C=O) groups is 1. The van der Waals surface area contributed by atoms with Crippen molar-refractivity contribution < 1.29 is 9.53 Å². The van der Waals surface area contributed by atoms with Crippen LogP contribution in [0.4, 0.5) is 0 Å². The van der Waals surface area contributed by atoms with Crippen LogP contribution < -0.4 is 10.3 Å². The number of H-pyrrole nitrogens is 1. The molecular weight excluding hydrogens is 366 g/mol. The Bertz CT molecular complexity index is 992. The quantitative estimate of drug-likeness (QED) is 0.493. The van der Waals surface area contributed by atoms with Crippen LogP contribution in [0.1, 0.15) is 13.8 Å². The molecule has 0 spiro atoms. The monoisotopic (exact) mass is 387 g/mol. The minimum Gasteiger partial charge on any atom is -0.497 e. The Balaban J connectivity index is 1.90. The summed E-state index contributed by atoms with van der Waals surface area (Å²) in [6.07, 6.45) is 1.49. The molecule has 0 saturated carbocycles. The van der Waals surface area contributed by atoms with Crippen LogP contribution in [0, 0.1) is 0 Å². The number of nitrogens with zero attached hydrogens (tertiary/aromatic N) is 4. The van der Waals surface area contributed by atoms with Crippen molar-refractivity contribution in [1.82, 2.24) is 24.6 Å². The third-order valence-electron chi connectivity index (χ3n) is 4.18. The Morgan fingerprint density at radius 3 is 2.59 bits per heavy atom. The zero-order chi connectivity index (χ0) is 19.4. The van der Waals surface area contributed by atoms with Gasteiger partial charge in [-0.05, 0) is 38.1 Å². The lowest BCUT2D eigenvalue weighted by molar-refractivity contribution is -0.127. The molecule has 0 atom stereocenters. The first-order valence-corrected chi connectivity index (χ1v) is 9.59. The third kappa shape index (κ3) is 3.97. The van der Waals surface area contributed by atoms with E-state index >= 15 is 0 Å². The van der Waals surface area contributed by atoms with Crippen LogP contribution in [0.25, 0.3) is 16.7 Å². The van der Waals surface area contributed by atoms with Gasteiger partial charge in [0.05, 0.1) is 24.7 Å². The molecule has 0 aliphatic heterocycles. The van der Waals surface area contributed by atoms with Crippen molar-refractivity contribution in [2.24, 2.45) is 0 Å². The number of nitrogens with one attached hydrogen (secondary N) is 1. The van der Waals surface area contributed by atoms with Gasteiger partial charge >= 0.3 is 0 Å². The van der Waals surface area contributed by atoms with Gasteiger partial charge in [0.1, 0.15) is 11.1 Å². The molecule has 0 aliphatic rings. The van der Waals surface area contributed by atoms with Crippen molar-refractivity contribution in [1.29, 1.82) is 0 Å². The maximum atomic E-state index is 12.4. The molecular formula is C18H21N5O3S. The second-order valence-electron chi connectivity index (χ2n) is 5.72. The predicted octanol–water partition coefficient (Wildman–Crippen LogP) is 2.08. The highest BCUT2D eigenvalue weighted by Gasteiger charge is 2.14. The van der Waals surface area contributed by atoms with Gasteiger partial charge in [-0.15, -0.1) is 0 Å². The van der Waals surface area contributed by atoms with Gasteiger partial charge in [-0.1, -0.05) is 11.8 Å². The van der Waals surface area contributed by atoms with Crippen molar-refractivity contribution in [2.75, 3.05) is 26.0 Å². The van der Waals surface area contributed by atoms with Gasteiger partial charge in [0.15, 0.2) is 10.8 Å². The number of fused-ring (bicyclic) bond motifs is 1. The molecule has 3 aromatic rings. The van der Waals surface area contributed by atoms with Crippen molar-refractivity contribution in [3.05, 3.63) is 40.8 Å². The fourth-order valence-corrected chi connectivity index (χ4v) is 3.44. The highest BCUT2D eigenvalue weighted by molar-refractivity contribution is 7.99. The summed E-state index contributed by atoms with van der Waals surface area (Å²) in [6, 6.07) is 7.30. The summed E-state index contributed by atoms with van der Waals surface area (Å²) in [5.74, 6) is 0.955. The molecule has 0 unspecified atom stereocenters. The van der Waals surface area contributed by atoms with E-state index in [-0.39, 0.29) is 17.2 Å². The number of hydrogen-bond donors (Lipinski definition) is 1. The van der Waals surface area contributed by atoms with Crippen LogP contribution in [-0.4, -0.2) is 56.5 Å². The number of ether oxygens (including phenoxy) is 1. The van der Waals surface area contributed by atoms with Crippen molar-refractivity contribution in [3.63, 3.8) is 0 Å². The van der Waals surface area contributed by atoms with Gasteiger partial charge in [-0.25, -0.2) is 9.67 Å². The van der Waals surface area contributed by atoms with E-state index < -0.39 is 0 Å². The predicted molar refractivity (Wildman–Crippen MR) is 105 cm³/mol. The fourth-order valence-electron chi connectivity index (χ4n) is 2.68. The zero-order valence-electron chi connectivity index (χ0n) is 15.4. The number of benzene rings is 1. The number of aromatic amines is 1. The maximum absolute atomic E-state index is 12.4. The Hall–Kier alpha value is -2.81. The Kier molecular flexibility index (Phi) is 5.80. The number of amides is 1. The topological polar surface area (TPSA) is 93.1 Å². The van der Waals surface area contributed by atoms with E-state index in [0.29, 0.717) is 29.3 Å². The van der Waals surface area contributed by atoms with E-state index in [4.69, 9.17) is 4.74 Å². The molecule has 3 rings (SSSR count). The molecule has 0 bridgehead atoms. The maximum Gasteiger partial charge on any atom is 0.262 e. The highest BCUT2D eigenvalue weighted by Crippen LogP contribution is 2.20. The minimum atomic E-state index is -0.280. The Labute approximate surface area is 160 Å². The van der Waals surface area contributed by atoms with E-state index in [1.54, 1.807) is 16.7 Å². The van der Waals surface area contributed by atoms with Crippen LogP contribution in [0.2, 0.25) is 0 Å². The van der Waals surface area contributed by atoms with Crippen LogP contribution in [0.5, 0.6) is 5.75 Å². The molecule has 1 N–H and O–H groups in total. The minimum absolute atomic E-state index is 0.0106. The largest absolute Gasteiger partial charge is 0.497 e. The number of rotatable bonds is 7. The van der Waals surface area contributed by atoms with Crippen molar-refractivity contribution >= 4 is 28.7 Å². The fraction of sp³-hybridized carbons (Fsp3) is 0.333. The Morgan fingerprint density at radius 2 is 1.96 bits per heavy atom. The van der Waals surface area contributed by atoms with Crippen LogP contribution in [0.15, 0.2) is 40.4 Å². The summed E-state index contributed by atoms with van der Waals surface area (Å²) in [4.78, 5) is 33.5. The van der Waals surface area contributed by atoms with Crippen LogP contribution in [-0.2, 0) is 4.79 Å². The standard InChI is InChI=1S/C18H21N5O3S/c1-4-22(5-2)15(24)11-27-18-20-16-14(17(25)21-18)10-19-23(16)12-6-8-13(26-3)9-7-12/h6-10H,4-5,11H2,1-3H3,(H,20,21,25). The first-order valence-electron chi connectivity index (χ1n) is 8.60. The van der Waals surface area contributed by atoms with Gasteiger partial charge in [0.2, 0.25) is 5.91 Å². The molecule has 1 amide bonds.